The van der Waals surface area contributed by atoms with Crippen LogP contribution in [0.4, 0.5) is 5.82 Å². The van der Waals surface area contributed by atoms with Gasteiger partial charge in [0.25, 0.3) is 5.56 Å². The van der Waals surface area contributed by atoms with Gasteiger partial charge in [0.1, 0.15) is 11.6 Å². The van der Waals surface area contributed by atoms with Crippen molar-refractivity contribution in [1.29, 1.82) is 0 Å². The summed E-state index contributed by atoms with van der Waals surface area (Å²) in [6, 6.07) is 1.58. The average molecular weight is 243 g/mol. The van der Waals surface area contributed by atoms with E-state index < -0.39 is 0 Å². The molecule has 0 aliphatic carbocycles. The predicted molar refractivity (Wildman–Crippen MR) is 66.6 cm³/mol. The molecule has 1 aliphatic heterocycles. The molecule has 0 saturated carbocycles. The van der Waals surface area contributed by atoms with Gasteiger partial charge in [0, 0.05) is 37.5 Å². The Morgan fingerprint density at radius 1 is 1.39 bits per heavy atom. The summed E-state index contributed by atoms with van der Waals surface area (Å²) in [6.07, 6.45) is 5.08. The number of anilines is 1. The molecule has 3 heterocycles. The second kappa shape index (κ2) is 4.21. The Morgan fingerprint density at radius 3 is 2.89 bits per heavy atom. The summed E-state index contributed by atoms with van der Waals surface area (Å²) in [5.41, 5.74) is 0.770. The Labute approximate surface area is 104 Å². The first-order valence-corrected chi connectivity index (χ1v) is 5.81. The first-order valence-electron chi connectivity index (χ1n) is 5.81. The van der Waals surface area contributed by atoms with Crippen molar-refractivity contribution >= 4 is 5.82 Å². The molecular formula is C12H13N5O. The van der Waals surface area contributed by atoms with E-state index in [9.17, 15) is 4.79 Å². The third-order valence-corrected chi connectivity index (χ3v) is 3.05. The van der Waals surface area contributed by atoms with Gasteiger partial charge in [-0.2, -0.15) is 0 Å². The van der Waals surface area contributed by atoms with Crippen LogP contribution in [0.2, 0.25) is 0 Å². The minimum atomic E-state index is -0.0875. The minimum absolute atomic E-state index is 0.0875. The SMILES string of the molecule is Cc1nc(C2CN(c3cnccn3)C2)cc(=O)[nH]1. The lowest BCUT2D eigenvalue weighted by Gasteiger charge is -2.39. The zero-order chi connectivity index (χ0) is 12.5. The summed E-state index contributed by atoms with van der Waals surface area (Å²) in [7, 11) is 0. The van der Waals surface area contributed by atoms with Crippen molar-refractivity contribution in [2.24, 2.45) is 0 Å². The van der Waals surface area contributed by atoms with E-state index in [-0.39, 0.29) is 5.56 Å². The largest absolute Gasteiger partial charge is 0.354 e. The Morgan fingerprint density at radius 2 is 2.22 bits per heavy atom. The standard InChI is InChI=1S/C12H13N5O/c1-8-15-10(4-12(18)16-8)9-6-17(7-9)11-5-13-2-3-14-11/h2-5,9H,6-7H2,1H3,(H,15,16,18). The quantitative estimate of drug-likeness (QED) is 0.830. The van der Waals surface area contributed by atoms with E-state index in [1.54, 1.807) is 31.6 Å². The normalized spacial score (nSPS) is 15.5. The monoisotopic (exact) mass is 243 g/mol. The van der Waals surface area contributed by atoms with Gasteiger partial charge < -0.3 is 9.88 Å². The predicted octanol–water partition coefficient (Wildman–Crippen LogP) is 0.472. The molecule has 1 fully saturated rings. The second-order valence-electron chi connectivity index (χ2n) is 4.42. The fourth-order valence-electron chi connectivity index (χ4n) is 2.12. The lowest BCUT2D eigenvalue weighted by atomic mass is 9.96. The van der Waals surface area contributed by atoms with Crippen molar-refractivity contribution in [3.05, 3.63) is 46.5 Å². The highest BCUT2D eigenvalue weighted by Crippen LogP contribution is 2.28. The molecule has 0 radical (unpaired) electrons. The van der Waals surface area contributed by atoms with Crippen LogP contribution in [0.15, 0.2) is 29.5 Å². The average Bonchev–Trinajstić information content (AvgIpc) is 2.27. The third kappa shape index (κ3) is 1.97. The van der Waals surface area contributed by atoms with E-state index >= 15 is 0 Å². The summed E-state index contributed by atoms with van der Waals surface area (Å²) in [5, 5.41) is 0. The molecule has 3 rings (SSSR count). The lowest BCUT2D eigenvalue weighted by molar-refractivity contribution is 0.505. The van der Waals surface area contributed by atoms with E-state index in [0.29, 0.717) is 11.7 Å². The molecule has 2 aromatic heterocycles. The molecule has 18 heavy (non-hydrogen) atoms. The number of rotatable bonds is 2. The van der Waals surface area contributed by atoms with Crippen LogP contribution in [0.5, 0.6) is 0 Å². The van der Waals surface area contributed by atoms with Gasteiger partial charge in [-0.15, -0.1) is 0 Å². The number of aromatic nitrogens is 4. The van der Waals surface area contributed by atoms with Crippen LogP contribution < -0.4 is 10.5 Å². The van der Waals surface area contributed by atoms with Crippen LogP contribution in [0.25, 0.3) is 0 Å². The summed E-state index contributed by atoms with van der Waals surface area (Å²) in [6.45, 7) is 3.45. The van der Waals surface area contributed by atoms with Crippen LogP contribution in [-0.2, 0) is 0 Å². The maximum absolute atomic E-state index is 11.4. The molecule has 6 heteroatoms. The molecular weight excluding hydrogens is 230 g/mol. The zero-order valence-corrected chi connectivity index (χ0v) is 10.00. The lowest BCUT2D eigenvalue weighted by Crippen LogP contribution is -2.46. The first-order chi connectivity index (χ1) is 8.72. The van der Waals surface area contributed by atoms with Gasteiger partial charge in [0.15, 0.2) is 0 Å². The molecule has 92 valence electrons. The first kappa shape index (κ1) is 10.9. The Kier molecular flexibility index (Phi) is 2.55. The smallest absolute Gasteiger partial charge is 0.251 e. The summed E-state index contributed by atoms with van der Waals surface area (Å²) in [5.74, 6) is 1.83. The molecule has 1 N–H and O–H groups in total. The molecule has 0 unspecified atom stereocenters. The summed E-state index contributed by atoms with van der Waals surface area (Å²) in [4.78, 5) is 28.8. The molecule has 0 atom stereocenters. The number of nitrogens with zero attached hydrogens (tertiary/aromatic N) is 4. The number of hydrogen-bond donors (Lipinski definition) is 1. The van der Waals surface area contributed by atoms with E-state index in [1.165, 1.54) is 0 Å². The van der Waals surface area contributed by atoms with Crippen molar-refractivity contribution in [3.63, 3.8) is 0 Å². The molecule has 0 bridgehead atoms. The van der Waals surface area contributed by atoms with Crippen LogP contribution in [0, 0.1) is 6.92 Å². The van der Waals surface area contributed by atoms with Gasteiger partial charge >= 0.3 is 0 Å². The summed E-state index contributed by atoms with van der Waals surface area (Å²) >= 11 is 0. The van der Waals surface area contributed by atoms with Gasteiger partial charge in [0.05, 0.1) is 11.9 Å². The van der Waals surface area contributed by atoms with Crippen molar-refractivity contribution in [2.45, 2.75) is 12.8 Å². The zero-order valence-electron chi connectivity index (χ0n) is 10.00. The van der Waals surface area contributed by atoms with E-state index in [4.69, 9.17) is 0 Å². The van der Waals surface area contributed by atoms with E-state index in [2.05, 4.69) is 24.8 Å². The molecule has 1 aliphatic rings. The van der Waals surface area contributed by atoms with Crippen molar-refractivity contribution in [3.8, 4) is 0 Å². The highest BCUT2D eigenvalue weighted by Gasteiger charge is 2.30. The Bertz CT molecular complexity index is 603. The molecule has 1 saturated heterocycles. The molecule has 0 spiro atoms. The minimum Gasteiger partial charge on any atom is -0.354 e. The van der Waals surface area contributed by atoms with Crippen LogP contribution >= 0.6 is 0 Å². The molecule has 2 aromatic rings. The molecule has 0 amide bonds. The number of aromatic amines is 1. The highest BCUT2D eigenvalue weighted by atomic mass is 16.1. The Balaban J connectivity index is 1.74. The number of aryl methyl sites for hydroxylation is 1. The van der Waals surface area contributed by atoms with Crippen molar-refractivity contribution in [1.82, 2.24) is 19.9 Å². The third-order valence-electron chi connectivity index (χ3n) is 3.05. The van der Waals surface area contributed by atoms with Crippen LogP contribution in [0.3, 0.4) is 0 Å². The van der Waals surface area contributed by atoms with Gasteiger partial charge in [0.2, 0.25) is 0 Å². The fraction of sp³-hybridized carbons (Fsp3) is 0.333. The van der Waals surface area contributed by atoms with Gasteiger partial charge in [-0.05, 0) is 6.92 Å². The maximum Gasteiger partial charge on any atom is 0.251 e. The van der Waals surface area contributed by atoms with E-state index in [0.717, 1.165) is 24.6 Å². The number of hydrogen-bond acceptors (Lipinski definition) is 5. The Hall–Kier alpha value is -2.24. The van der Waals surface area contributed by atoms with Crippen LogP contribution in [-0.4, -0.2) is 33.0 Å². The number of H-pyrrole nitrogens is 1. The topological polar surface area (TPSA) is 74.8 Å². The molecule has 0 aromatic carbocycles. The van der Waals surface area contributed by atoms with Gasteiger partial charge in [-0.25, -0.2) is 9.97 Å². The maximum atomic E-state index is 11.4. The number of nitrogens with one attached hydrogen (secondary N) is 1. The van der Waals surface area contributed by atoms with Gasteiger partial charge in [-0.3, -0.25) is 9.78 Å². The van der Waals surface area contributed by atoms with E-state index in [1.807, 2.05) is 0 Å². The van der Waals surface area contributed by atoms with Crippen molar-refractivity contribution < 1.29 is 0 Å². The summed E-state index contributed by atoms with van der Waals surface area (Å²) < 4.78 is 0. The fourth-order valence-corrected chi connectivity index (χ4v) is 2.12. The van der Waals surface area contributed by atoms with Gasteiger partial charge in [-0.1, -0.05) is 0 Å². The van der Waals surface area contributed by atoms with Crippen molar-refractivity contribution in [2.75, 3.05) is 18.0 Å². The van der Waals surface area contributed by atoms with Crippen LogP contribution in [0.1, 0.15) is 17.4 Å². The second-order valence-corrected chi connectivity index (χ2v) is 4.42. The molecule has 6 nitrogen and oxygen atoms in total. The highest BCUT2D eigenvalue weighted by molar-refractivity contribution is 5.41.